The third-order valence-electron chi connectivity index (χ3n) is 11.2. The molecule has 3 saturated heterocycles. The standard InChI is InChI=1S/C33H35ClFN13OS/c1-18-39-28(43-42-18)26-25(34)22-14-45(7-3-9-48(22)44-26)29-21(12-37)30(41-31(40-29)49-17-33-5-2-8-47(33)13-19(35)10-33)46-15-32(16-46)6-4-23-24(32)20(11-36)27(38)50-23/h19H,2-10,13-17,38H2,1H3,(H,39,42,43)/t19-,33+/m1/s1. The molecule has 258 valence electrons. The number of nitrogens with two attached hydrogens (primary N) is 1. The third-order valence-corrected chi connectivity index (χ3v) is 12.7. The molecule has 0 unspecified atom stereocenters. The number of fused-ring (bicyclic) bond motifs is 4. The number of aromatic amines is 1. The Balaban J connectivity index is 1.08. The van der Waals surface area contributed by atoms with Gasteiger partial charge in [0.25, 0.3) is 0 Å². The van der Waals surface area contributed by atoms with Gasteiger partial charge >= 0.3 is 6.01 Å². The molecule has 0 radical (unpaired) electrons. The molecule has 3 fully saturated rings. The maximum Gasteiger partial charge on any atom is 0.320 e. The van der Waals surface area contributed by atoms with Gasteiger partial charge in [0.15, 0.2) is 17.3 Å². The largest absolute Gasteiger partial charge is 0.461 e. The number of rotatable bonds is 6. The monoisotopic (exact) mass is 715 g/mol. The van der Waals surface area contributed by atoms with Crippen LogP contribution >= 0.6 is 22.9 Å². The first-order valence-electron chi connectivity index (χ1n) is 17.0. The number of anilines is 3. The lowest BCUT2D eigenvalue weighted by atomic mass is 9.74. The smallest absolute Gasteiger partial charge is 0.320 e. The summed E-state index contributed by atoms with van der Waals surface area (Å²) in [6, 6.07) is 4.92. The Morgan fingerprint density at radius 1 is 1.08 bits per heavy atom. The zero-order valence-corrected chi connectivity index (χ0v) is 29.1. The van der Waals surface area contributed by atoms with E-state index in [2.05, 4.69) is 37.1 Å². The minimum atomic E-state index is -0.887. The second-order valence-electron chi connectivity index (χ2n) is 14.2. The average Bonchev–Trinajstić information content (AvgIpc) is 3.90. The van der Waals surface area contributed by atoms with Gasteiger partial charge < -0.3 is 20.3 Å². The average molecular weight is 716 g/mol. The van der Waals surface area contributed by atoms with E-state index in [4.69, 9.17) is 37.1 Å². The predicted molar refractivity (Wildman–Crippen MR) is 184 cm³/mol. The minimum Gasteiger partial charge on any atom is -0.461 e. The first kappa shape index (κ1) is 31.5. The number of hydrogen-bond acceptors (Lipinski definition) is 13. The maximum absolute atomic E-state index is 14.6. The number of thiophene rings is 1. The van der Waals surface area contributed by atoms with Gasteiger partial charge in [-0.2, -0.15) is 30.7 Å². The minimum absolute atomic E-state index is 0.156. The Labute approximate surface area is 296 Å². The maximum atomic E-state index is 14.6. The molecule has 4 aliphatic heterocycles. The highest BCUT2D eigenvalue weighted by Crippen LogP contribution is 2.53. The summed E-state index contributed by atoms with van der Waals surface area (Å²) in [5.74, 6) is 2.03. The molecule has 0 amide bonds. The second-order valence-corrected chi connectivity index (χ2v) is 15.8. The van der Waals surface area contributed by atoms with Crippen molar-refractivity contribution in [2.75, 3.05) is 54.9 Å². The predicted octanol–water partition coefficient (Wildman–Crippen LogP) is 3.88. The number of H-pyrrole nitrogens is 1. The van der Waals surface area contributed by atoms with Crippen molar-refractivity contribution in [3.8, 4) is 29.7 Å². The number of aryl methyl sites for hydroxylation is 3. The number of aromatic nitrogens is 7. The van der Waals surface area contributed by atoms with Gasteiger partial charge in [-0.05, 0) is 51.1 Å². The molecular weight excluding hydrogens is 681 g/mol. The van der Waals surface area contributed by atoms with Crippen LogP contribution in [0.15, 0.2) is 0 Å². The molecule has 14 nitrogen and oxygen atoms in total. The van der Waals surface area contributed by atoms with Crippen molar-refractivity contribution in [3.63, 3.8) is 0 Å². The lowest BCUT2D eigenvalue weighted by molar-refractivity contribution is 0.107. The van der Waals surface area contributed by atoms with Crippen molar-refractivity contribution in [1.82, 2.24) is 39.8 Å². The number of alkyl halides is 1. The van der Waals surface area contributed by atoms with E-state index in [1.807, 2.05) is 16.5 Å². The van der Waals surface area contributed by atoms with Crippen LogP contribution in [0.4, 0.5) is 21.0 Å². The van der Waals surface area contributed by atoms with Crippen LogP contribution in [0.5, 0.6) is 6.01 Å². The first-order valence-corrected chi connectivity index (χ1v) is 18.2. The molecule has 50 heavy (non-hydrogen) atoms. The molecule has 3 N–H and O–H groups in total. The summed E-state index contributed by atoms with van der Waals surface area (Å²) < 4.78 is 22.9. The van der Waals surface area contributed by atoms with Gasteiger partial charge in [0.05, 0.1) is 28.4 Å². The third kappa shape index (κ3) is 4.76. The van der Waals surface area contributed by atoms with Gasteiger partial charge in [-0.3, -0.25) is 14.7 Å². The highest BCUT2D eigenvalue weighted by atomic mass is 35.5. The summed E-state index contributed by atoms with van der Waals surface area (Å²) >= 11 is 8.46. The molecule has 17 heteroatoms. The summed E-state index contributed by atoms with van der Waals surface area (Å²) in [4.78, 5) is 21.7. The number of nitrogens with one attached hydrogen (secondary N) is 1. The Hall–Kier alpha value is -4.51. The molecule has 2 atom stereocenters. The summed E-state index contributed by atoms with van der Waals surface area (Å²) in [7, 11) is 0. The Bertz CT molecular complexity index is 2110. The van der Waals surface area contributed by atoms with Crippen LogP contribution in [0.2, 0.25) is 5.02 Å². The molecular formula is C33H35ClFN13OS. The number of nitrogen functional groups attached to an aromatic ring is 1. The summed E-state index contributed by atoms with van der Waals surface area (Å²) in [5, 5.41) is 33.6. The fraction of sp³-hybridized carbons (Fsp3) is 0.545. The highest BCUT2D eigenvalue weighted by molar-refractivity contribution is 7.16. The van der Waals surface area contributed by atoms with Crippen LogP contribution in [-0.4, -0.2) is 90.9 Å². The molecule has 0 saturated carbocycles. The number of halogens is 2. The van der Waals surface area contributed by atoms with E-state index in [0.717, 1.165) is 49.9 Å². The summed E-state index contributed by atoms with van der Waals surface area (Å²) in [5.41, 5.74) is 8.87. The number of ether oxygens (including phenoxy) is 1. The van der Waals surface area contributed by atoms with Crippen molar-refractivity contribution in [2.24, 2.45) is 0 Å². The Morgan fingerprint density at radius 2 is 1.88 bits per heavy atom. The lowest BCUT2D eigenvalue weighted by Crippen LogP contribution is -2.59. The summed E-state index contributed by atoms with van der Waals surface area (Å²) in [6.45, 7) is 6.08. The zero-order chi connectivity index (χ0) is 34.4. The van der Waals surface area contributed by atoms with Gasteiger partial charge in [-0.1, -0.05) is 11.6 Å². The molecule has 4 aromatic heterocycles. The zero-order valence-electron chi connectivity index (χ0n) is 27.5. The van der Waals surface area contributed by atoms with Gasteiger partial charge in [-0.15, -0.1) is 11.3 Å². The molecule has 8 heterocycles. The molecule has 9 rings (SSSR count). The van der Waals surface area contributed by atoms with E-state index in [1.54, 1.807) is 0 Å². The number of nitriles is 2. The van der Waals surface area contributed by atoms with Crippen LogP contribution in [-0.2, 0) is 24.9 Å². The van der Waals surface area contributed by atoms with Crippen molar-refractivity contribution in [1.29, 1.82) is 10.5 Å². The lowest BCUT2D eigenvalue weighted by Gasteiger charge is -2.49. The molecule has 0 bridgehead atoms. The second kappa shape index (κ2) is 11.5. The van der Waals surface area contributed by atoms with Crippen LogP contribution in [0.3, 0.4) is 0 Å². The first-order chi connectivity index (χ1) is 24.2. The van der Waals surface area contributed by atoms with Crippen molar-refractivity contribution >= 4 is 39.6 Å². The molecule has 1 spiro atoms. The van der Waals surface area contributed by atoms with E-state index in [9.17, 15) is 14.9 Å². The van der Waals surface area contributed by atoms with Crippen LogP contribution < -0.4 is 20.3 Å². The van der Waals surface area contributed by atoms with E-state index < -0.39 is 6.17 Å². The Morgan fingerprint density at radius 3 is 2.64 bits per heavy atom. The quantitative estimate of drug-likeness (QED) is 0.295. The van der Waals surface area contributed by atoms with Gasteiger partial charge in [0, 0.05) is 49.4 Å². The number of hydrogen-bond donors (Lipinski definition) is 2. The molecule has 1 aliphatic carbocycles. The van der Waals surface area contributed by atoms with Gasteiger partial charge in [0.2, 0.25) is 5.82 Å². The van der Waals surface area contributed by atoms with E-state index in [-0.39, 0.29) is 23.6 Å². The van der Waals surface area contributed by atoms with Crippen LogP contribution in [0.1, 0.15) is 65.2 Å². The van der Waals surface area contributed by atoms with Crippen molar-refractivity contribution in [2.45, 2.75) is 75.7 Å². The van der Waals surface area contributed by atoms with Crippen molar-refractivity contribution in [3.05, 3.63) is 38.1 Å². The molecule has 4 aromatic rings. The van der Waals surface area contributed by atoms with Gasteiger partial charge in [0.1, 0.15) is 41.3 Å². The fourth-order valence-electron chi connectivity index (χ4n) is 8.92. The molecule has 5 aliphatic rings. The molecule has 0 aromatic carbocycles. The highest BCUT2D eigenvalue weighted by Gasteiger charge is 2.53. The van der Waals surface area contributed by atoms with Crippen LogP contribution in [0, 0.1) is 29.6 Å². The van der Waals surface area contributed by atoms with Gasteiger partial charge in [-0.25, -0.2) is 9.37 Å². The van der Waals surface area contributed by atoms with E-state index >= 15 is 0 Å². The Kier molecular flexibility index (Phi) is 7.25. The fourth-order valence-corrected chi connectivity index (χ4v) is 10.3. The summed E-state index contributed by atoms with van der Waals surface area (Å²) in [6.07, 6.45) is 3.89. The van der Waals surface area contributed by atoms with Crippen LogP contribution in [0.25, 0.3) is 11.5 Å². The SMILES string of the molecule is Cc1nc(-c2nn3c(c2Cl)CN(c2nc(OC[C@@]45CCCN4C[C@H](F)C5)nc(N4CC5(CCc6sc(N)c(C#N)c65)C4)c2C#N)CCC3)n[nH]1. The van der Waals surface area contributed by atoms with Crippen molar-refractivity contribution < 1.29 is 9.13 Å². The van der Waals surface area contributed by atoms with E-state index in [0.29, 0.717) is 95.8 Å². The number of nitrogens with zero attached hydrogens (tertiary/aromatic N) is 11. The topological polar surface area (TPSA) is 178 Å². The normalized spacial score (nSPS) is 23.7. The van der Waals surface area contributed by atoms with E-state index in [1.165, 1.54) is 16.2 Å².